The van der Waals surface area contributed by atoms with Crippen molar-refractivity contribution in [1.82, 2.24) is 9.97 Å². The summed E-state index contributed by atoms with van der Waals surface area (Å²) in [6.07, 6.45) is 0. The molecule has 6 aromatic rings. The van der Waals surface area contributed by atoms with Crippen molar-refractivity contribution in [2.75, 3.05) is 0 Å². The van der Waals surface area contributed by atoms with Crippen molar-refractivity contribution in [1.29, 1.82) is 0 Å². The summed E-state index contributed by atoms with van der Waals surface area (Å²) in [6, 6.07) is 32.4. The minimum atomic E-state index is -0.467. The average molecular weight is 526 g/mol. The molecule has 0 saturated carbocycles. The Hall–Kier alpha value is -4.33. The molecule has 6 nitrogen and oxygen atoms in total. The molecule has 40 heavy (non-hydrogen) atoms. The van der Waals surface area contributed by atoms with Crippen LogP contribution in [0.4, 0.5) is 0 Å². The number of fused-ring (bicyclic) bond motifs is 3. The van der Waals surface area contributed by atoms with E-state index in [-0.39, 0.29) is 0 Å². The van der Waals surface area contributed by atoms with Gasteiger partial charge in [0.05, 0.1) is 27.9 Å². The second-order valence-corrected chi connectivity index (χ2v) is 11.2. The molecule has 4 aromatic carbocycles. The summed E-state index contributed by atoms with van der Waals surface area (Å²) < 4.78 is 18.8. The summed E-state index contributed by atoms with van der Waals surface area (Å²) in [7, 11) is -0.467. The first kappa shape index (κ1) is 24.7. The van der Waals surface area contributed by atoms with E-state index in [1.807, 2.05) is 78.9 Å². The number of aromatic nitrogens is 3. The van der Waals surface area contributed by atoms with Crippen LogP contribution in [-0.2, 0) is 9.31 Å². The van der Waals surface area contributed by atoms with Crippen molar-refractivity contribution in [3.05, 3.63) is 97.1 Å². The van der Waals surface area contributed by atoms with Crippen LogP contribution in [0.25, 0.3) is 56.1 Å². The number of hydrogen-bond donors (Lipinski definition) is 0. The number of benzene rings is 4. The zero-order chi connectivity index (χ0) is 27.5. The Morgan fingerprint density at radius 2 is 1.27 bits per heavy atom. The normalized spacial score (nSPS) is 16.1. The van der Waals surface area contributed by atoms with Gasteiger partial charge in [0, 0.05) is 10.8 Å². The van der Waals surface area contributed by atoms with Crippen molar-refractivity contribution in [2.24, 2.45) is 0 Å². The van der Waals surface area contributed by atoms with Crippen LogP contribution in [0, 0.1) is 0 Å². The third-order valence-electron chi connectivity index (χ3n) is 8.05. The molecule has 0 aliphatic carbocycles. The molecule has 1 N–H and O–H groups in total. The van der Waals surface area contributed by atoms with Crippen molar-refractivity contribution in [3.8, 4) is 34.2 Å². The number of hydrogen-bond acceptors (Lipinski definition) is 5. The second kappa shape index (κ2) is 9.12. The summed E-state index contributed by atoms with van der Waals surface area (Å²) >= 11 is 0. The molecule has 1 saturated heterocycles. The van der Waals surface area contributed by atoms with Crippen molar-refractivity contribution < 1.29 is 18.7 Å². The van der Waals surface area contributed by atoms with Crippen LogP contribution in [0.2, 0.25) is 0 Å². The Labute approximate surface area is 233 Å². The SMILES string of the molecule is CC1(C)OB(c2cccc(-c3nc(-c4cccc5oc6ccccc6c45)nc(-c4ccccc4)[nH+]3)c2)OC1(C)C. The van der Waals surface area contributed by atoms with E-state index in [0.717, 1.165) is 49.9 Å². The molecule has 7 rings (SSSR count). The molecule has 0 atom stereocenters. The molecular weight excluding hydrogens is 497 g/mol. The Morgan fingerprint density at radius 3 is 2.05 bits per heavy atom. The number of aromatic amines is 1. The van der Waals surface area contributed by atoms with Crippen LogP contribution >= 0.6 is 0 Å². The van der Waals surface area contributed by atoms with Gasteiger partial charge in [0.25, 0.3) is 11.6 Å². The smallest absolute Gasteiger partial charge is 0.456 e. The van der Waals surface area contributed by atoms with E-state index < -0.39 is 18.3 Å². The summed E-state index contributed by atoms with van der Waals surface area (Å²) in [5.74, 6) is 2.05. The number of nitrogens with zero attached hydrogens (tertiary/aromatic N) is 2. The first-order chi connectivity index (χ1) is 19.3. The summed E-state index contributed by atoms with van der Waals surface area (Å²) in [5, 5.41) is 2.04. The van der Waals surface area contributed by atoms with Gasteiger partial charge in [-0.25, -0.2) is 4.98 Å². The van der Waals surface area contributed by atoms with Gasteiger partial charge >= 0.3 is 12.9 Å². The molecule has 0 amide bonds. The summed E-state index contributed by atoms with van der Waals surface area (Å²) in [5.41, 5.74) is 4.54. The highest BCUT2D eigenvalue weighted by molar-refractivity contribution is 6.62. The lowest BCUT2D eigenvalue weighted by Gasteiger charge is -2.32. The van der Waals surface area contributed by atoms with Gasteiger partial charge in [0.1, 0.15) is 11.2 Å². The third kappa shape index (κ3) is 4.10. The fraction of sp³-hybridized carbons (Fsp3) is 0.182. The van der Waals surface area contributed by atoms with E-state index in [9.17, 15) is 0 Å². The number of H-pyrrole nitrogens is 1. The largest absolute Gasteiger partial charge is 0.494 e. The van der Waals surface area contributed by atoms with Crippen LogP contribution in [0.15, 0.2) is 101 Å². The monoisotopic (exact) mass is 526 g/mol. The highest BCUT2D eigenvalue weighted by atomic mass is 16.7. The van der Waals surface area contributed by atoms with E-state index in [1.165, 1.54) is 0 Å². The zero-order valence-electron chi connectivity index (χ0n) is 22.9. The molecule has 1 aliphatic heterocycles. The van der Waals surface area contributed by atoms with E-state index in [4.69, 9.17) is 23.7 Å². The Balaban J connectivity index is 1.40. The number of rotatable bonds is 4. The van der Waals surface area contributed by atoms with Crippen molar-refractivity contribution in [3.63, 3.8) is 0 Å². The summed E-state index contributed by atoms with van der Waals surface area (Å²) in [6.45, 7) is 8.25. The molecular formula is C33H29BN3O3+. The van der Waals surface area contributed by atoms with E-state index in [0.29, 0.717) is 11.6 Å². The molecule has 196 valence electrons. The fourth-order valence-electron chi connectivity index (χ4n) is 5.17. The molecule has 0 spiro atoms. The molecule has 0 radical (unpaired) electrons. The molecule has 2 aromatic heterocycles. The van der Waals surface area contributed by atoms with Crippen molar-refractivity contribution in [2.45, 2.75) is 38.9 Å². The Bertz CT molecular complexity index is 1870. The van der Waals surface area contributed by atoms with Gasteiger partial charge in [0.15, 0.2) is 0 Å². The van der Waals surface area contributed by atoms with Crippen LogP contribution in [0.3, 0.4) is 0 Å². The standard InChI is InChI=1S/C33H28BN3O3/c1-32(2)33(3,4)40-34(39-32)23-15-10-14-22(20-23)30-35-29(21-12-6-5-7-13-21)36-31(37-30)25-17-11-19-27-28(25)24-16-8-9-18-26(24)38-27/h5-20H,1-4H3/p+1. The van der Waals surface area contributed by atoms with E-state index in [1.54, 1.807) is 0 Å². The maximum atomic E-state index is 6.33. The van der Waals surface area contributed by atoms with Gasteiger partial charge < -0.3 is 13.7 Å². The van der Waals surface area contributed by atoms with Crippen LogP contribution in [-0.4, -0.2) is 28.3 Å². The minimum absolute atomic E-state index is 0.422. The third-order valence-corrected chi connectivity index (χ3v) is 8.05. The maximum absolute atomic E-state index is 6.33. The lowest BCUT2D eigenvalue weighted by Crippen LogP contribution is -2.41. The topological polar surface area (TPSA) is 71.5 Å². The van der Waals surface area contributed by atoms with Crippen LogP contribution < -0.4 is 10.4 Å². The Morgan fingerprint density at radius 1 is 0.650 bits per heavy atom. The zero-order valence-corrected chi connectivity index (χ0v) is 22.9. The highest BCUT2D eigenvalue weighted by Crippen LogP contribution is 2.37. The Kier molecular flexibility index (Phi) is 5.63. The second-order valence-electron chi connectivity index (χ2n) is 11.2. The highest BCUT2D eigenvalue weighted by Gasteiger charge is 2.51. The van der Waals surface area contributed by atoms with Gasteiger partial charge in [-0.3, -0.25) is 0 Å². The fourth-order valence-corrected chi connectivity index (χ4v) is 5.17. The first-order valence-corrected chi connectivity index (χ1v) is 13.5. The lowest BCUT2D eigenvalue weighted by molar-refractivity contribution is -0.359. The number of para-hydroxylation sites is 1. The maximum Gasteiger partial charge on any atom is 0.494 e. The van der Waals surface area contributed by atoms with E-state index in [2.05, 4.69) is 50.9 Å². The van der Waals surface area contributed by atoms with Gasteiger partial charge in [-0.05, 0) is 75.6 Å². The van der Waals surface area contributed by atoms with Gasteiger partial charge in [-0.2, -0.15) is 0 Å². The van der Waals surface area contributed by atoms with E-state index >= 15 is 0 Å². The average Bonchev–Trinajstić information content (AvgIpc) is 3.46. The first-order valence-electron chi connectivity index (χ1n) is 13.5. The van der Waals surface area contributed by atoms with Gasteiger partial charge in [0.2, 0.25) is 0 Å². The predicted molar refractivity (Wildman–Crippen MR) is 158 cm³/mol. The van der Waals surface area contributed by atoms with Crippen molar-refractivity contribution >= 4 is 34.5 Å². The molecule has 1 aliphatic rings. The van der Waals surface area contributed by atoms with Crippen LogP contribution in [0.5, 0.6) is 0 Å². The van der Waals surface area contributed by atoms with Gasteiger partial charge in [-0.15, -0.1) is 0 Å². The van der Waals surface area contributed by atoms with Crippen LogP contribution in [0.1, 0.15) is 27.7 Å². The molecule has 0 bridgehead atoms. The van der Waals surface area contributed by atoms with Gasteiger partial charge in [-0.1, -0.05) is 64.6 Å². The molecule has 1 fully saturated rings. The summed E-state index contributed by atoms with van der Waals surface area (Å²) in [4.78, 5) is 13.6. The number of furan rings is 1. The lowest BCUT2D eigenvalue weighted by atomic mass is 9.78. The molecule has 0 unspecified atom stereocenters. The minimum Gasteiger partial charge on any atom is -0.456 e. The quantitative estimate of drug-likeness (QED) is 0.246. The predicted octanol–water partition coefficient (Wildman–Crippen LogP) is 6.49. The molecule has 3 heterocycles. The molecule has 7 heteroatoms. The number of nitrogens with one attached hydrogen (secondary N) is 1.